The fourth-order valence-corrected chi connectivity index (χ4v) is 2.70. The summed E-state index contributed by atoms with van der Waals surface area (Å²) < 4.78 is 5.11. The second-order valence-electron chi connectivity index (χ2n) is 6.20. The van der Waals surface area contributed by atoms with Gasteiger partial charge in [-0.3, -0.25) is 9.59 Å². The van der Waals surface area contributed by atoms with E-state index < -0.39 is 11.9 Å². The molecule has 1 atom stereocenters. The molecule has 2 aromatic rings. The number of nitrogens with one attached hydrogen (secondary N) is 1. The molecule has 0 spiro atoms. The van der Waals surface area contributed by atoms with Crippen molar-refractivity contribution in [3.8, 4) is 5.75 Å². The number of benzene rings is 2. The summed E-state index contributed by atoms with van der Waals surface area (Å²) in [6.45, 7) is 0.915. The highest BCUT2D eigenvalue weighted by Gasteiger charge is 2.23. The Bertz CT molecular complexity index is 734. The molecule has 0 fully saturated rings. The Morgan fingerprint density at radius 2 is 1.88 bits per heavy atom. The van der Waals surface area contributed by atoms with E-state index in [2.05, 4.69) is 5.32 Å². The van der Waals surface area contributed by atoms with Crippen LogP contribution in [0.1, 0.15) is 12.0 Å². The van der Waals surface area contributed by atoms with E-state index in [0.717, 1.165) is 5.56 Å². The molecule has 0 aliphatic rings. The van der Waals surface area contributed by atoms with Crippen molar-refractivity contribution in [3.63, 3.8) is 0 Å². The number of nitrogens with zero attached hydrogens (tertiary/aromatic N) is 1. The number of rotatable bonds is 9. The maximum absolute atomic E-state index is 12.2. The molecule has 0 saturated heterocycles. The number of ether oxygens (including phenoxy) is 1. The topological polar surface area (TPSA) is 78.9 Å². The molecule has 2 aromatic carbocycles. The highest BCUT2D eigenvalue weighted by Crippen LogP contribution is 2.18. The smallest absolute Gasteiger partial charge is 0.308 e. The molecule has 0 aliphatic carbocycles. The fraction of sp³-hybridized carbons (Fsp3) is 0.300. The Hall–Kier alpha value is -2.86. The molecule has 0 unspecified atom stereocenters. The van der Waals surface area contributed by atoms with E-state index in [9.17, 15) is 14.7 Å². The Kier molecular flexibility index (Phi) is 7.17. The minimum absolute atomic E-state index is 0.0916. The third-order valence-corrected chi connectivity index (χ3v) is 3.96. The van der Waals surface area contributed by atoms with Crippen molar-refractivity contribution >= 4 is 17.6 Å². The average Bonchev–Trinajstić information content (AvgIpc) is 2.62. The SMILES string of the molecule is COc1cccc(NC(=O)C[C@H](CN(C)Cc2ccccc2)C(=O)O)c1. The first-order valence-corrected chi connectivity index (χ1v) is 8.37. The van der Waals surface area contributed by atoms with Crippen molar-refractivity contribution < 1.29 is 19.4 Å². The van der Waals surface area contributed by atoms with E-state index in [4.69, 9.17) is 4.74 Å². The number of methoxy groups -OCH3 is 1. The van der Waals surface area contributed by atoms with Crippen LogP contribution in [0.15, 0.2) is 54.6 Å². The van der Waals surface area contributed by atoms with Gasteiger partial charge in [0.05, 0.1) is 13.0 Å². The maximum Gasteiger partial charge on any atom is 0.308 e. The van der Waals surface area contributed by atoms with Gasteiger partial charge in [0.15, 0.2) is 0 Å². The van der Waals surface area contributed by atoms with Crippen LogP contribution >= 0.6 is 0 Å². The van der Waals surface area contributed by atoms with Crippen LogP contribution in [-0.4, -0.2) is 42.6 Å². The van der Waals surface area contributed by atoms with Gasteiger partial charge in [0, 0.05) is 31.3 Å². The van der Waals surface area contributed by atoms with Crippen LogP contribution < -0.4 is 10.1 Å². The summed E-state index contributed by atoms with van der Waals surface area (Å²) in [5, 5.41) is 12.2. The summed E-state index contributed by atoms with van der Waals surface area (Å²) >= 11 is 0. The molecule has 6 nitrogen and oxygen atoms in total. The molecule has 6 heteroatoms. The monoisotopic (exact) mass is 356 g/mol. The Morgan fingerprint density at radius 3 is 2.54 bits per heavy atom. The molecular formula is C20H24N2O4. The molecule has 0 heterocycles. The first-order chi connectivity index (χ1) is 12.5. The van der Waals surface area contributed by atoms with E-state index >= 15 is 0 Å². The summed E-state index contributed by atoms with van der Waals surface area (Å²) in [5.41, 5.74) is 1.68. The zero-order valence-corrected chi connectivity index (χ0v) is 15.0. The number of hydrogen-bond acceptors (Lipinski definition) is 4. The minimum atomic E-state index is -0.981. The van der Waals surface area contributed by atoms with Crippen molar-refractivity contribution in [3.05, 3.63) is 60.2 Å². The number of amides is 1. The number of carbonyl (C=O) groups is 2. The van der Waals surface area contributed by atoms with Gasteiger partial charge in [-0.05, 0) is 24.7 Å². The van der Waals surface area contributed by atoms with Crippen molar-refractivity contribution in [2.75, 3.05) is 26.0 Å². The Labute approximate surface area is 153 Å². The lowest BCUT2D eigenvalue weighted by molar-refractivity contribution is -0.144. The highest BCUT2D eigenvalue weighted by atomic mass is 16.5. The highest BCUT2D eigenvalue weighted by molar-refractivity contribution is 5.93. The van der Waals surface area contributed by atoms with Gasteiger partial charge in [-0.15, -0.1) is 0 Å². The summed E-state index contributed by atoms with van der Waals surface area (Å²) in [6, 6.07) is 16.8. The third kappa shape index (κ3) is 6.22. The van der Waals surface area contributed by atoms with Crippen LogP contribution in [0.4, 0.5) is 5.69 Å². The lowest BCUT2D eigenvalue weighted by Crippen LogP contribution is -2.33. The predicted octanol–water partition coefficient (Wildman–Crippen LogP) is 2.86. The van der Waals surface area contributed by atoms with E-state index in [1.54, 1.807) is 31.4 Å². The van der Waals surface area contributed by atoms with E-state index in [1.165, 1.54) is 0 Å². The molecule has 1 amide bonds. The van der Waals surface area contributed by atoms with E-state index in [0.29, 0.717) is 18.0 Å². The molecule has 0 aromatic heterocycles. The van der Waals surface area contributed by atoms with E-state index in [-0.39, 0.29) is 18.9 Å². The zero-order chi connectivity index (χ0) is 18.9. The van der Waals surface area contributed by atoms with Gasteiger partial charge in [0.25, 0.3) is 0 Å². The molecule has 2 rings (SSSR count). The van der Waals surface area contributed by atoms with Crippen LogP contribution in [0.2, 0.25) is 0 Å². The normalized spacial score (nSPS) is 11.8. The van der Waals surface area contributed by atoms with Crippen LogP contribution in [0.25, 0.3) is 0 Å². The van der Waals surface area contributed by atoms with Crippen LogP contribution in [0.3, 0.4) is 0 Å². The quantitative estimate of drug-likeness (QED) is 0.722. The fourth-order valence-electron chi connectivity index (χ4n) is 2.70. The van der Waals surface area contributed by atoms with Gasteiger partial charge in [0.2, 0.25) is 5.91 Å². The number of carboxylic acid groups (broad SMARTS) is 1. The van der Waals surface area contributed by atoms with Gasteiger partial charge in [-0.25, -0.2) is 0 Å². The first kappa shape index (κ1) is 19.5. The molecule has 0 bridgehead atoms. The zero-order valence-electron chi connectivity index (χ0n) is 15.0. The standard InChI is InChI=1S/C20H24N2O4/c1-22(13-15-7-4-3-5-8-15)14-16(20(24)25)11-19(23)21-17-9-6-10-18(12-17)26-2/h3-10,12,16H,11,13-14H2,1-2H3,(H,21,23)(H,24,25)/t16-/m1/s1. The molecule has 0 saturated carbocycles. The van der Waals surface area contributed by atoms with Gasteiger partial charge in [-0.2, -0.15) is 0 Å². The Balaban J connectivity index is 1.92. The van der Waals surface area contributed by atoms with Crippen LogP contribution in [-0.2, 0) is 16.1 Å². The van der Waals surface area contributed by atoms with Crippen LogP contribution in [0, 0.1) is 5.92 Å². The minimum Gasteiger partial charge on any atom is -0.497 e. The molecule has 2 N–H and O–H groups in total. The first-order valence-electron chi connectivity index (χ1n) is 8.37. The summed E-state index contributed by atoms with van der Waals surface area (Å²) in [5.74, 6) is -1.47. The largest absolute Gasteiger partial charge is 0.497 e. The average molecular weight is 356 g/mol. The van der Waals surface area contributed by atoms with Crippen molar-refractivity contribution in [1.29, 1.82) is 0 Å². The number of hydrogen-bond donors (Lipinski definition) is 2. The summed E-state index contributed by atoms with van der Waals surface area (Å²) in [7, 11) is 3.40. The summed E-state index contributed by atoms with van der Waals surface area (Å²) in [6.07, 6.45) is -0.0916. The van der Waals surface area contributed by atoms with Crippen molar-refractivity contribution in [2.24, 2.45) is 5.92 Å². The molecule has 26 heavy (non-hydrogen) atoms. The number of aliphatic carboxylic acids is 1. The second kappa shape index (κ2) is 9.58. The number of carbonyl (C=O) groups excluding carboxylic acids is 1. The maximum atomic E-state index is 12.2. The van der Waals surface area contributed by atoms with Crippen molar-refractivity contribution in [2.45, 2.75) is 13.0 Å². The Morgan fingerprint density at radius 1 is 1.15 bits per heavy atom. The lowest BCUT2D eigenvalue weighted by Gasteiger charge is -2.21. The summed E-state index contributed by atoms with van der Waals surface area (Å²) in [4.78, 5) is 25.7. The second-order valence-corrected chi connectivity index (χ2v) is 6.20. The van der Waals surface area contributed by atoms with Crippen molar-refractivity contribution in [1.82, 2.24) is 4.90 Å². The number of carboxylic acids is 1. The van der Waals surface area contributed by atoms with E-state index in [1.807, 2.05) is 42.3 Å². The van der Waals surface area contributed by atoms with Crippen LogP contribution in [0.5, 0.6) is 5.75 Å². The van der Waals surface area contributed by atoms with Gasteiger partial charge >= 0.3 is 5.97 Å². The molecule has 138 valence electrons. The molecular weight excluding hydrogens is 332 g/mol. The predicted molar refractivity (Wildman–Crippen MR) is 100 cm³/mol. The van der Waals surface area contributed by atoms with Gasteiger partial charge in [0.1, 0.15) is 5.75 Å². The molecule has 0 aliphatic heterocycles. The molecule has 0 radical (unpaired) electrons. The number of anilines is 1. The third-order valence-electron chi connectivity index (χ3n) is 3.96. The lowest BCUT2D eigenvalue weighted by atomic mass is 10.0. The van der Waals surface area contributed by atoms with Gasteiger partial charge in [-0.1, -0.05) is 36.4 Å². The van der Waals surface area contributed by atoms with Gasteiger partial charge < -0.3 is 20.1 Å².